The zero-order valence-corrected chi connectivity index (χ0v) is 11.8. The second kappa shape index (κ2) is 5.33. The van der Waals surface area contributed by atoms with Crippen LogP contribution in [0.3, 0.4) is 0 Å². The molecule has 0 aliphatic heterocycles. The van der Waals surface area contributed by atoms with E-state index >= 15 is 0 Å². The fraction of sp³-hybridized carbons (Fsp3) is 0. The molecule has 0 aliphatic carbocycles. The van der Waals surface area contributed by atoms with Gasteiger partial charge in [0.1, 0.15) is 11.5 Å². The van der Waals surface area contributed by atoms with Gasteiger partial charge in [-0.2, -0.15) is 0 Å². The van der Waals surface area contributed by atoms with E-state index in [1.54, 1.807) is 12.4 Å². The molecule has 0 radical (unpaired) electrons. The standard InChI is InChI=1S/C18H14N4/c1-3-7-14(8-4-1)17-18(20-15-9-5-2-6-10-15)22-12-11-19-13-16(22)21-17/h1-13,20H. The lowest BCUT2D eigenvalue weighted by atomic mass is 10.1. The Kier molecular flexibility index (Phi) is 3.05. The first-order valence-electron chi connectivity index (χ1n) is 7.11. The van der Waals surface area contributed by atoms with Crippen molar-refractivity contribution in [3.05, 3.63) is 79.3 Å². The van der Waals surface area contributed by atoms with Crippen LogP contribution in [0.2, 0.25) is 0 Å². The van der Waals surface area contributed by atoms with Crippen molar-refractivity contribution in [1.82, 2.24) is 14.4 Å². The number of anilines is 2. The summed E-state index contributed by atoms with van der Waals surface area (Å²) in [5, 5.41) is 3.47. The van der Waals surface area contributed by atoms with Gasteiger partial charge in [-0.3, -0.25) is 9.38 Å². The van der Waals surface area contributed by atoms with Crippen LogP contribution in [0.4, 0.5) is 11.5 Å². The summed E-state index contributed by atoms with van der Waals surface area (Å²) >= 11 is 0. The molecule has 22 heavy (non-hydrogen) atoms. The second-order valence-electron chi connectivity index (χ2n) is 4.97. The number of hydrogen-bond acceptors (Lipinski definition) is 3. The summed E-state index contributed by atoms with van der Waals surface area (Å²) in [6.45, 7) is 0. The lowest BCUT2D eigenvalue weighted by Crippen LogP contribution is -1.96. The van der Waals surface area contributed by atoms with Crippen LogP contribution in [-0.2, 0) is 0 Å². The smallest absolute Gasteiger partial charge is 0.157 e. The zero-order chi connectivity index (χ0) is 14.8. The van der Waals surface area contributed by atoms with Gasteiger partial charge in [0.05, 0.1) is 6.20 Å². The molecule has 0 bridgehead atoms. The first kappa shape index (κ1) is 12.6. The van der Waals surface area contributed by atoms with Gasteiger partial charge in [-0.05, 0) is 12.1 Å². The zero-order valence-electron chi connectivity index (χ0n) is 11.8. The van der Waals surface area contributed by atoms with Crippen molar-refractivity contribution in [3.8, 4) is 11.3 Å². The number of nitrogens with zero attached hydrogens (tertiary/aromatic N) is 3. The van der Waals surface area contributed by atoms with Crippen LogP contribution in [0, 0.1) is 0 Å². The third-order valence-electron chi connectivity index (χ3n) is 3.51. The third-order valence-corrected chi connectivity index (χ3v) is 3.51. The Balaban J connectivity index is 1.91. The van der Waals surface area contributed by atoms with Crippen molar-refractivity contribution in [2.75, 3.05) is 5.32 Å². The van der Waals surface area contributed by atoms with E-state index in [1.165, 1.54) is 0 Å². The first-order chi connectivity index (χ1) is 10.9. The van der Waals surface area contributed by atoms with E-state index in [2.05, 4.69) is 22.4 Å². The average Bonchev–Trinajstić information content (AvgIpc) is 2.95. The van der Waals surface area contributed by atoms with Gasteiger partial charge in [0.2, 0.25) is 0 Å². The summed E-state index contributed by atoms with van der Waals surface area (Å²) in [7, 11) is 0. The number of fused-ring (bicyclic) bond motifs is 1. The van der Waals surface area contributed by atoms with Crippen molar-refractivity contribution in [1.29, 1.82) is 0 Å². The van der Waals surface area contributed by atoms with Gasteiger partial charge in [-0.1, -0.05) is 48.5 Å². The number of aromatic nitrogens is 3. The molecular formula is C18H14N4. The second-order valence-corrected chi connectivity index (χ2v) is 4.97. The Morgan fingerprint density at radius 1 is 0.864 bits per heavy atom. The molecule has 2 aromatic carbocycles. The minimum atomic E-state index is 0.819. The van der Waals surface area contributed by atoms with E-state index in [4.69, 9.17) is 4.98 Å². The van der Waals surface area contributed by atoms with E-state index in [1.807, 2.05) is 59.1 Å². The third kappa shape index (κ3) is 2.20. The normalized spacial score (nSPS) is 10.7. The van der Waals surface area contributed by atoms with Gasteiger partial charge in [0.25, 0.3) is 0 Å². The van der Waals surface area contributed by atoms with E-state index in [9.17, 15) is 0 Å². The quantitative estimate of drug-likeness (QED) is 0.615. The van der Waals surface area contributed by atoms with Gasteiger partial charge in [-0.15, -0.1) is 0 Å². The van der Waals surface area contributed by atoms with Crippen molar-refractivity contribution in [3.63, 3.8) is 0 Å². The van der Waals surface area contributed by atoms with Gasteiger partial charge < -0.3 is 5.32 Å². The molecule has 0 aliphatic rings. The first-order valence-corrected chi connectivity index (χ1v) is 7.11. The molecule has 0 unspecified atom stereocenters. The highest BCUT2D eigenvalue weighted by atomic mass is 15.1. The number of nitrogens with one attached hydrogen (secondary N) is 1. The largest absolute Gasteiger partial charge is 0.339 e. The monoisotopic (exact) mass is 286 g/mol. The lowest BCUT2D eigenvalue weighted by molar-refractivity contribution is 1.13. The SMILES string of the molecule is c1ccc(Nc2c(-c3ccccc3)nc3cnccn23)cc1. The maximum atomic E-state index is 4.72. The average molecular weight is 286 g/mol. The Hall–Kier alpha value is -3.14. The Labute approximate surface area is 128 Å². The molecule has 0 fully saturated rings. The van der Waals surface area contributed by atoms with Crippen LogP contribution in [0.25, 0.3) is 16.9 Å². The summed E-state index contributed by atoms with van der Waals surface area (Å²) in [5.41, 5.74) is 3.83. The van der Waals surface area contributed by atoms with E-state index in [0.717, 1.165) is 28.4 Å². The summed E-state index contributed by atoms with van der Waals surface area (Å²) < 4.78 is 2.02. The molecule has 1 N–H and O–H groups in total. The predicted octanol–water partition coefficient (Wildman–Crippen LogP) is 4.14. The van der Waals surface area contributed by atoms with Crippen LogP contribution in [0.15, 0.2) is 79.3 Å². The molecule has 0 atom stereocenters. The van der Waals surface area contributed by atoms with Crippen LogP contribution >= 0.6 is 0 Å². The van der Waals surface area contributed by atoms with Crippen molar-refractivity contribution >= 4 is 17.2 Å². The topological polar surface area (TPSA) is 42.2 Å². The predicted molar refractivity (Wildman–Crippen MR) is 88.1 cm³/mol. The van der Waals surface area contributed by atoms with Crippen LogP contribution < -0.4 is 5.32 Å². The fourth-order valence-corrected chi connectivity index (χ4v) is 2.48. The fourth-order valence-electron chi connectivity index (χ4n) is 2.48. The number of para-hydroxylation sites is 1. The number of benzene rings is 2. The van der Waals surface area contributed by atoms with Gasteiger partial charge in [0, 0.05) is 23.6 Å². The molecular weight excluding hydrogens is 272 g/mol. The highest BCUT2D eigenvalue weighted by molar-refractivity contribution is 5.79. The molecule has 0 spiro atoms. The molecule has 4 nitrogen and oxygen atoms in total. The number of hydrogen-bond donors (Lipinski definition) is 1. The minimum absolute atomic E-state index is 0.819. The molecule has 106 valence electrons. The Bertz CT molecular complexity index is 898. The van der Waals surface area contributed by atoms with Crippen LogP contribution in [0.5, 0.6) is 0 Å². The van der Waals surface area contributed by atoms with Crippen LogP contribution in [-0.4, -0.2) is 14.4 Å². The highest BCUT2D eigenvalue weighted by Crippen LogP contribution is 2.30. The summed E-state index contributed by atoms with van der Waals surface area (Å²) in [5.74, 6) is 0.940. The van der Waals surface area contributed by atoms with Crippen LogP contribution in [0.1, 0.15) is 0 Å². The van der Waals surface area contributed by atoms with Crippen molar-refractivity contribution in [2.24, 2.45) is 0 Å². The molecule has 0 saturated heterocycles. The van der Waals surface area contributed by atoms with Gasteiger partial charge >= 0.3 is 0 Å². The van der Waals surface area contributed by atoms with Gasteiger partial charge in [-0.25, -0.2) is 4.98 Å². The Morgan fingerprint density at radius 3 is 2.36 bits per heavy atom. The lowest BCUT2D eigenvalue weighted by Gasteiger charge is -2.08. The maximum Gasteiger partial charge on any atom is 0.157 e. The van der Waals surface area contributed by atoms with E-state index in [-0.39, 0.29) is 0 Å². The molecule has 0 saturated carbocycles. The maximum absolute atomic E-state index is 4.72. The van der Waals surface area contributed by atoms with Crippen molar-refractivity contribution < 1.29 is 0 Å². The van der Waals surface area contributed by atoms with E-state index in [0.29, 0.717) is 0 Å². The van der Waals surface area contributed by atoms with Gasteiger partial charge in [0.15, 0.2) is 5.65 Å². The molecule has 2 aromatic heterocycles. The molecule has 4 aromatic rings. The number of imidazole rings is 1. The molecule has 4 heteroatoms. The molecule has 0 amide bonds. The minimum Gasteiger partial charge on any atom is -0.339 e. The highest BCUT2D eigenvalue weighted by Gasteiger charge is 2.13. The number of rotatable bonds is 3. The summed E-state index contributed by atoms with van der Waals surface area (Å²) in [4.78, 5) is 8.87. The Morgan fingerprint density at radius 2 is 1.59 bits per heavy atom. The van der Waals surface area contributed by atoms with Crippen molar-refractivity contribution in [2.45, 2.75) is 0 Å². The molecule has 2 heterocycles. The summed E-state index contributed by atoms with van der Waals surface area (Å²) in [6.07, 6.45) is 5.45. The summed E-state index contributed by atoms with van der Waals surface area (Å²) in [6, 6.07) is 20.3. The van der Waals surface area contributed by atoms with E-state index < -0.39 is 0 Å². The molecule has 4 rings (SSSR count).